The first kappa shape index (κ1) is 15.1. The van der Waals surface area contributed by atoms with Crippen molar-refractivity contribution in [2.45, 2.75) is 39.7 Å². The standard InChI is InChI=1S/C14H20N2O3/c1-4-12(5-2)16(6-3)13(17)10-7-11(14(18)19)9-15-8-10/h7-9,12H,4-6H2,1-3H3,(H,18,19). The molecule has 0 fully saturated rings. The molecule has 0 spiro atoms. The van der Waals surface area contributed by atoms with Gasteiger partial charge in [0.05, 0.1) is 11.1 Å². The molecule has 1 N–H and O–H groups in total. The van der Waals surface area contributed by atoms with Crippen molar-refractivity contribution in [3.63, 3.8) is 0 Å². The minimum atomic E-state index is -1.08. The third-order valence-electron chi connectivity index (χ3n) is 3.22. The first-order chi connectivity index (χ1) is 9.04. The molecule has 1 aromatic heterocycles. The van der Waals surface area contributed by atoms with E-state index in [1.54, 1.807) is 4.90 Å². The summed E-state index contributed by atoms with van der Waals surface area (Å²) >= 11 is 0. The van der Waals surface area contributed by atoms with Crippen molar-refractivity contribution in [3.8, 4) is 0 Å². The first-order valence-electron chi connectivity index (χ1n) is 6.54. The Kier molecular flexibility index (Phi) is 5.48. The highest BCUT2D eigenvalue weighted by molar-refractivity contribution is 5.97. The summed E-state index contributed by atoms with van der Waals surface area (Å²) in [6, 6.07) is 1.55. The number of carbonyl (C=O) groups is 2. The Bertz CT molecular complexity index is 456. The molecule has 0 bridgehead atoms. The molecule has 0 atom stereocenters. The fraction of sp³-hybridized carbons (Fsp3) is 0.500. The van der Waals surface area contributed by atoms with E-state index in [2.05, 4.69) is 4.98 Å². The number of carbonyl (C=O) groups excluding carboxylic acids is 1. The minimum Gasteiger partial charge on any atom is -0.478 e. The number of pyridine rings is 1. The van der Waals surface area contributed by atoms with E-state index in [4.69, 9.17) is 5.11 Å². The minimum absolute atomic E-state index is 0.0338. The molecule has 0 saturated carbocycles. The number of carboxylic acids is 1. The molecule has 1 rings (SSSR count). The highest BCUT2D eigenvalue weighted by atomic mass is 16.4. The summed E-state index contributed by atoms with van der Waals surface area (Å²) in [6.45, 7) is 6.60. The van der Waals surface area contributed by atoms with Crippen LogP contribution >= 0.6 is 0 Å². The SMILES string of the molecule is CCC(CC)N(CC)C(=O)c1cncc(C(=O)O)c1. The van der Waals surface area contributed by atoms with Gasteiger partial charge in [-0.2, -0.15) is 0 Å². The van der Waals surface area contributed by atoms with Gasteiger partial charge in [0.1, 0.15) is 0 Å². The van der Waals surface area contributed by atoms with Gasteiger partial charge >= 0.3 is 5.97 Å². The lowest BCUT2D eigenvalue weighted by Gasteiger charge is -2.29. The highest BCUT2D eigenvalue weighted by Crippen LogP contribution is 2.14. The summed E-state index contributed by atoms with van der Waals surface area (Å²) in [5, 5.41) is 8.92. The predicted molar refractivity (Wildman–Crippen MR) is 72.3 cm³/mol. The average molecular weight is 264 g/mol. The molecule has 0 aliphatic rings. The largest absolute Gasteiger partial charge is 0.478 e. The summed E-state index contributed by atoms with van der Waals surface area (Å²) in [4.78, 5) is 28.9. The Morgan fingerprint density at radius 1 is 1.21 bits per heavy atom. The monoisotopic (exact) mass is 264 g/mol. The number of aromatic carboxylic acids is 1. The molecule has 0 unspecified atom stereocenters. The van der Waals surface area contributed by atoms with Crippen LogP contribution in [0.15, 0.2) is 18.5 Å². The Labute approximate surface area is 113 Å². The van der Waals surface area contributed by atoms with Crippen LogP contribution in [0.1, 0.15) is 54.3 Å². The number of rotatable bonds is 6. The second-order valence-corrected chi connectivity index (χ2v) is 4.33. The molecule has 0 aliphatic carbocycles. The van der Waals surface area contributed by atoms with Gasteiger partial charge in [0.25, 0.3) is 5.91 Å². The van der Waals surface area contributed by atoms with Crippen LogP contribution in [-0.4, -0.2) is 39.5 Å². The molecule has 5 heteroatoms. The summed E-state index contributed by atoms with van der Waals surface area (Å²) in [7, 11) is 0. The molecule has 0 aliphatic heterocycles. The molecule has 1 aromatic rings. The fourth-order valence-electron chi connectivity index (χ4n) is 2.14. The van der Waals surface area contributed by atoms with Crippen LogP contribution in [-0.2, 0) is 0 Å². The Morgan fingerprint density at radius 3 is 2.26 bits per heavy atom. The number of hydrogen-bond donors (Lipinski definition) is 1. The number of nitrogens with zero attached hydrogens (tertiary/aromatic N) is 2. The van der Waals surface area contributed by atoms with Gasteiger partial charge in [-0.05, 0) is 25.8 Å². The van der Waals surface area contributed by atoms with Crippen molar-refractivity contribution in [2.75, 3.05) is 6.54 Å². The lowest BCUT2D eigenvalue weighted by atomic mass is 10.1. The average Bonchev–Trinajstić information content (AvgIpc) is 2.44. The van der Waals surface area contributed by atoms with Crippen LogP contribution in [0.4, 0.5) is 0 Å². The molecule has 5 nitrogen and oxygen atoms in total. The number of amides is 1. The molecule has 0 radical (unpaired) electrons. The van der Waals surface area contributed by atoms with E-state index in [1.165, 1.54) is 18.5 Å². The maximum atomic E-state index is 12.4. The van der Waals surface area contributed by atoms with Gasteiger partial charge in [-0.3, -0.25) is 9.78 Å². The van der Waals surface area contributed by atoms with Gasteiger partial charge in [-0.25, -0.2) is 4.79 Å². The Balaban J connectivity index is 3.03. The predicted octanol–water partition coefficient (Wildman–Crippen LogP) is 2.43. The van der Waals surface area contributed by atoms with Crippen LogP contribution in [0, 0.1) is 0 Å². The van der Waals surface area contributed by atoms with Crippen molar-refractivity contribution >= 4 is 11.9 Å². The summed E-state index contributed by atoms with van der Waals surface area (Å²) < 4.78 is 0. The van der Waals surface area contributed by atoms with E-state index in [0.717, 1.165) is 12.8 Å². The molecule has 0 saturated heterocycles. The molecule has 0 aromatic carbocycles. The second kappa shape index (κ2) is 6.87. The van der Waals surface area contributed by atoms with Crippen molar-refractivity contribution in [1.82, 2.24) is 9.88 Å². The van der Waals surface area contributed by atoms with E-state index >= 15 is 0 Å². The molecule has 19 heavy (non-hydrogen) atoms. The van der Waals surface area contributed by atoms with Gasteiger partial charge < -0.3 is 10.0 Å². The van der Waals surface area contributed by atoms with E-state index in [1.807, 2.05) is 20.8 Å². The van der Waals surface area contributed by atoms with Crippen molar-refractivity contribution in [2.24, 2.45) is 0 Å². The molecule has 1 heterocycles. The van der Waals surface area contributed by atoms with E-state index in [-0.39, 0.29) is 17.5 Å². The molecular weight excluding hydrogens is 244 g/mol. The van der Waals surface area contributed by atoms with Gasteiger partial charge in [0.2, 0.25) is 0 Å². The Hall–Kier alpha value is -1.91. The Morgan fingerprint density at radius 2 is 1.79 bits per heavy atom. The van der Waals surface area contributed by atoms with Gasteiger partial charge in [-0.15, -0.1) is 0 Å². The van der Waals surface area contributed by atoms with Crippen LogP contribution < -0.4 is 0 Å². The van der Waals surface area contributed by atoms with Crippen LogP contribution in [0.5, 0.6) is 0 Å². The van der Waals surface area contributed by atoms with Crippen LogP contribution in [0.3, 0.4) is 0 Å². The number of aromatic nitrogens is 1. The number of hydrogen-bond acceptors (Lipinski definition) is 3. The zero-order chi connectivity index (χ0) is 14.4. The molecule has 1 amide bonds. The zero-order valence-electron chi connectivity index (χ0n) is 11.6. The maximum Gasteiger partial charge on any atom is 0.337 e. The van der Waals surface area contributed by atoms with E-state index in [9.17, 15) is 9.59 Å². The first-order valence-corrected chi connectivity index (χ1v) is 6.54. The van der Waals surface area contributed by atoms with Crippen LogP contribution in [0.25, 0.3) is 0 Å². The van der Waals surface area contributed by atoms with Gasteiger partial charge in [0.15, 0.2) is 0 Å². The molecular formula is C14H20N2O3. The smallest absolute Gasteiger partial charge is 0.337 e. The van der Waals surface area contributed by atoms with Crippen molar-refractivity contribution < 1.29 is 14.7 Å². The normalized spacial score (nSPS) is 10.5. The lowest BCUT2D eigenvalue weighted by molar-refractivity contribution is 0.0679. The van der Waals surface area contributed by atoms with E-state index < -0.39 is 5.97 Å². The third kappa shape index (κ3) is 3.53. The van der Waals surface area contributed by atoms with Gasteiger partial charge in [0, 0.05) is 25.0 Å². The third-order valence-corrected chi connectivity index (χ3v) is 3.22. The number of carboxylic acid groups (broad SMARTS) is 1. The van der Waals surface area contributed by atoms with Crippen molar-refractivity contribution in [3.05, 3.63) is 29.6 Å². The maximum absolute atomic E-state index is 12.4. The molecule has 104 valence electrons. The lowest BCUT2D eigenvalue weighted by Crippen LogP contribution is -2.39. The topological polar surface area (TPSA) is 70.5 Å². The summed E-state index contributed by atoms with van der Waals surface area (Å²) in [5.41, 5.74) is 0.361. The van der Waals surface area contributed by atoms with Crippen molar-refractivity contribution in [1.29, 1.82) is 0 Å². The summed E-state index contributed by atoms with van der Waals surface area (Å²) in [6.07, 6.45) is 4.41. The summed E-state index contributed by atoms with van der Waals surface area (Å²) in [5.74, 6) is -1.24. The van der Waals surface area contributed by atoms with E-state index in [0.29, 0.717) is 12.1 Å². The fourth-order valence-corrected chi connectivity index (χ4v) is 2.14. The highest BCUT2D eigenvalue weighted by Gasteiger charge is 2.21. The second-order valence-electron chi connectivity index (χ2n) is 4.33. The quantitative estimate of drug-likeness (QED) is 0.856. The van der Waals surface area contributed by atoms with Gasteiger partial charge in [-0.1, -0.05) is 13.8 Å². The zero-order valence-corrected chi connectivity index (χ0v) is 11.6. The van der Waals surface area contributed by atoms with Crippen LogP contribution in [0.2, 0.25) is 0 Å².